The van der Waals surface area contributed by atoms with Crippen molar-refractivity contribution >= 4 is 52.5 Å². The first-order valence-electron chi connectivity index (χ1n) is 8.48. The SMILES string of the molecule is C1CCNC1.CSc1nc(N)nc(-c2ccc(Cl)c(Cl)c2)c1/C(N)=C/C(N)=O. The Kier molecular flexibility index (Phi) is 8.37. The lowest BCUT2D eigenvalue weighted by Gasteiger charge is -2.14. The predicted molar refractivity (Wildman–Crippen MR) is 117 cm³/mol. The normalized spacial score (nSPS) is 13.8. The Bertz CT molecular complexity index is 879. The summed E-state index contributed by atoms with van der Waals surface area (Å²) in [5, 5.41) is 4.51. The minimum absolute atomic E-state index is 0.0750. The number of hydrogen-bond acceptors (Lipinski definition) is 7. The quantitative estimate of drug-likeness (QED) is 0.326. The molecule has 2 aromatic rings. The lowest BCUT2D eigenvalue weighted by molar-refractivity contribution is -0.113. The highest BCUT2D eigenvalue weighted by molar-refractivity contribution is 7.98. The molecule has 1 fully saturated rings. The highest BCUT2D eigenvalue weighted by atomic mass is 35.5. The van der Waals surface area contributed by atoms with Crippen LogP contribution < -0.4 is 22.5 Å². The molecule has 7 nitrogen and oxygen atoms in total. The van der Waals surface area contributed by atoms with Crippen LogP contribution in [0.4, 0.5) is 5.95 Å². The van der Waals surface area contributed by atoms with Crippen LogP contribution in [-0.4, -0.2) is 35.2 Å². The molecule has 1 aromatic carbocycles. The molecule has 0 spiro atoms. The molecule has 0 atom stereocenters. The fraction of sp³-hybridized carbons (Fsp3) is 0.278. The summed E-state index contributed by atoms with van der Waals surface area (Å²) in [5.74, 6) is -0.600. The van der Waals surface area contributed by atoms with E-state index in [1.807, 2.05) is 0 Å². The average Bonchev–Trinajstić information content (AvgIpc) is 3.22. The number of aromatic nitrogens is 2. The monoisotopic (exact) mass is 440 g/mol. The number of benzene rings is 1. The minimum atomic E-state index is -0.675. The Morgan fingerprint density at radius 2 is 1.86 bits per heavy atom. The van der Waals surface area contributed by atoms with Crippen molar-refractivity contribution in [2.45, 2.75) is 17.9 Å². The molecule has 0 radical (unpaired) electrons. The fourth-order valence-electron chi connectivity index (χ4n) is 2.57. The summed E-state index contributed by atoms with van der Waals surface area (Å²) in [6, 6.07) is 4.99. The van der Waals surface area contributed by atoms with Gasteiger partial charge in [0.25, 0.3) is 0 Å². The molecule has 150 valence electrons. The first kappa shape index (κ1) is 22.3. The smallest absolute Gasteiger partial charge is 0.243 e. The van der Waals surface area contributed by atoms with Crippen molar-refractivity contribution in [3.63, 3.8) is 0 Å². The van der Waals surface area contributed by atoms with Crippen molar-refractivity contribution in [3.8, 4) is 11.3 Å². The largest absolute Gasteiger partial charge is 0.398 e. The fourth-order valence-corrected chi connectivity index (χ4v) is 3.47. The van der Waals surface area contributed by atoms with Crippen molar-refractivity contribution in [3.05, 3.63) is 39.9 Å². The maximum atomic E-state index is 11.2. The Morgan fingerprint density at radius 3 is 2.36 bits per heavy atom. The van der Waals surface area contributed by atoms with E-state index in [1.54, 1.807) is 24.5 Å². The number of amides is 1. The standard InChI is InChI=1S/C14H13Cl2N5OS.C4H9N/c1-23-13-11(9(17)5-10(18)22)12(20-14(19)21-13)6-2-3-7(15)8(16)4-6;1-2-4-5-3-1/h2-5H,17H2,1H3,(H2,18,22)(H2,19,20,21);5H,1-4H2/b9-5-;. The van der Waals surface area contributed by atoms with Crippen LogP contribution in [0, 0.1) is 0 Å². The lowest BCUT2D eigenvalue weighted by atomic mass is 10.0. The number of rotatable bonds is 4. The second kappa shape index (κ2) is 10.5. The second-order valence-electron chi connectivity index (χ2n) is 5.90. The van der Waals surface area contributed by atoms with E-state index >= 15 is 0 Å². The van der Waals surface area contributed by atoms with E-state index in [4.69, 9.17) is 40.4 Å². The zero-order valence-corrected chi connectivity index (χ0v) is 17.7. The van der Waals surface area contributed by atoms with Crippen molar-refractivity contribution in [1.29, 1.82) is 0 Å². The Labute approximate surface area is 178 Å². The number of thioether (sulfide) groups is 1. The third-order valence-corrected chi connectivity index (χ3v) is 5.24. The Hall–Kier alpha value is -2.00. The van der Waals surface area contributed by atoms with Gasteiger partial charge in [0.2, 0.25) is 11.9 Å². The minimum Gasteiger partial charge on any atom is -0.398 e. The van der Waals surface area contributed by atoms with Gasteiger partial charge >= 0.3 is 0 Å². The van der Waals surface area contributed by atoms with Gasteiger partial charge in [0.1, 0.15) is 5.03 Å². The molecular formula is C18H22Cl2N6OS. The summed E-state index contributed by atoms with van der Waals surface area (Å²) >= 11 is 13.3. The first-order valence-corrected chi connectivity index (χ1v) is 10.5. The van der Waals surface area contributed by atoms with E-state index in [1.165, 1.54) is 37.7 Å². The van der Waals surface area contributed by atoms with E-state index < -0.39 is 5.91 Å². The topological polar surface area (TPSA) is 133 Å². The number of nitrogens with two attached hydrogens (primary N) is 3. The zero-order chi connectivity index (χ0) is 20.7. The maximum Gasteiger partial charge on any atom is 0.243 e. The van der Waals surface area contributed by atoms with Gasteiger partial charge < -0.3 is 22.5 Å². The summed E-state index contributed by atoms with van der Waals surface area (Å²) in [4.78, 5) is 19.5. The molecule has 7 N–H and O–H groups in total. The van der Waals surface area contributed by atoms with Gasteiger partial charge in [-0.05, 0) is 44.3 Å². The molecule has 2 heterocycles. The average molecular weight is 441 g/mol. The number of nitrogens with zero attached hydrogens (tertiary/aromatic N) is 2. The molecule has 1 aliphatic rings. The number of anilines is 1. The van der Waals surface area contributed by atoms with E-state index in [2.05, 4.69) is 15.3 Å². The third kappa shape index (κ3) is 6.00. The third-order valence-electron chi connectivity index (χ3n) is 3.82. The number of halogens is 2. The molecule has 28 heavy (non-hydrogen) atoms. The molecule has 0 saturated carbocycles. The molecule has 0 unspecified atom stereocenters. The van der Waals surface area contributed by atoms with Crippen LogP contribution in [0.25, 0.3) is 17.0 Å². The first-order chi connectivity index (χ1) is 13.3. The summed E-state index contributed by atoms with van der Waals surface area (Å²) in [6.07, 6.45) is 5.69. The van der Waals surface area contributed by atoms with Gasteiger partial charge in [-0.25, -0.2) is 9.97 Å². The van der Waals surface area contributed by atoms with Gasteiger partial charge in [-0.15, -0.1) is 11.8 Å². The molecule has 0 aliphatic carbocycles. The van der Waals surface area contributed by atoms with Crippen molar-refractivity contribution in [2.75, 3.05) is 25.1 Å². The second-order valence-corrected chi connectivity index (χ2v) is 7.51. The van der Waals surface area contributed by atoms with Gasteiger partial charge in [-0.2, -0.15) is 0 Å². The van der Waals surface area contributed by atoms with Crippen molar-refractivity contribution < 1.29 is 4.79 Å². The van der Waals surface area contributed by atoms with Crippen LogP contribution in [0.5, 0.6) is 0 Å². The van der Waals surface area contributed by atoms with Gasteiger partial charge in [-0.3, -0.25) is 4.79 Å². The molecule has 3 rings (SSSR count). The van der Waals surface area contributed by atoms with Gasteiger partial charge in [0.05, 0.1) is 21.3 Å². The molecular weight excluding hydrogens is 419 g/mol. The summed E-state index contributed by atoms with van der Waals surface area (Å²) < 4.78 is 0. The van der Waals surface area contributed by atoms with E-state index in [0.29, 0.717) is 31.9 Å². The highest BCUT2D eigenvalue weighted by Crippen LogP contribution is 2.35. The Morgan fingerprint density at radius 1 is 1.18 bits per heavy atom. The highest BCUT2D eigenvalue weighted by Gasteiger charge is 2.18. The number of primary amides is 1. The molecule has 0 bridgehead atoms. The number of nitrogens with one attached hydrogen (secondary N) is 1. The van der Waals surface area contributed by atoms with Crippen molar-refractivity contribution in [2.24, 2.45) is 11.5 Å². The van der Waals surface area contributed by atoms with Crippen molar-refractivity contribution in [1.82, 2.24) is 15.3 Å². The number of hydrogen-bond donors (Lipinski definition) is 4. The molecule has 1 aromatic heterocycles. The summed E-state index contributed by atoms with van der Waals surface area (Å²) in [6.45, 7) is 2.50. The van der Waals surface area contributed by atoms with Crippen LogP contribution in [0.15, 0.2) is 29.3 Å². The van der Waals surface area contributed by atoms with E-state index in [-0.39, 0.29) is 11.6 Å². The molecule has 10 heteroatoms. The van der Waals surface area contributed by atoms with Crippen LogP contribution in [-0.2, 0) is 4.79 Å². The Balaban J connectivity index is 0.000000485. The lowest BCUT2D eigenvalue weighted by Crippen LogP contribution is -2.12. The molecule has 1 saturated heterocycles. The van der Waals surface area contributed by atoms with Gasteiger partial charge in [0, 0.05) is 17.3 Å². The summed E-state index contributed by atoms with van der Waals surface area (Å²) in [5.41, 5.74) is 18.6. The summed E-state index contributed by atoms with van der Waals surface area (Å²) in [7, 11) is 0. The zero-order valence-electron chi connectivity index (χ0n) is 15.3. The van der Waals surface area contributed by atoms with E-state index in [9.17, 15) is 4.79 Å². The van der Waals surface area contributed by atoms with E-state index in [0.717, 1.165) is 6.08 Å². The number of nitrogen functional groups attached to an aromatic ring is 1. The molecule has 1 aliphatic heterocycles. The van der Waals surface area contributed by atoms with Gasteiger partial charge in [0.15, 0.2) is 0 Å². The maximum absolute atomic E-state index is 11.2. The number of carbonyl (C=O) groups is 1. The van der Waals surface area contributed by atoms with Crippen LogP contribution in [0.2, 0.25) is 10.0 Å². The number of carbonyl (C=O) groups excluding carboxylic acids is 1. The van der Waals surface area contributed by atoms with Crippen LogP contribution in [0.3, 0.4) is 0 Å². The van der Waals surface area contributed by atoms with Crippen LogP contribution >= 0.6 is 35.0 Å². The van der Waals surface area contributed by atoms with Gasteiger partial charge in [-0.1, -0.05) is 29.3 Å². The predicted octanol–water partition coefficient (Wildman–Crippen LogP) is 2.91. The van der Waals surface area contributed by atoms with Crippen LogP contribution in [0.1, 0.15) is 18.4 Å². The molecule has 1 amide bonds.